The van der Waals surface area contributed by atoms with Crippen molar-refractivity contribution in [3.8, 4) is 0 Å². The number of aliphatic carboxylic acids is 1. The maximum atomic E-state index is 12.0. The van der Waals surface area contributed by atoms with Crippen molar-refractivity contribution >= 4 is 11.9 Å². The molecule has 0 aromatic carbocycles. The number of carbonyl (C=O) groups is 2. The Balaban J connectivity index is 2.38. The van der Waals surface area contributed by atoms with E-state index >= 15 is 0 Å². The van der Waals surface area contributed by atoms with Gasteiger partial charge in [0.2, 0.25) is 5.91 Å². The number of piperidine rings is 1. The summed E-state index contributed by atoms with van der Waals surface area (Å²) in [6.07, 6.45) is 6.52. The van der Waals surface area contributed by atoms with Crippen LogP contribution in [0.2, 0.25) is 0 Å². The third-order valence-electron chi connectivity index (χ3n) is 3.35. The molecule has 1 rings (SSSR count). The van der Waals surface area contributed by atoms with Crippen LogP contribution in [0.3, 0.4) is 0 Å². The van der Waals surface area contributed by atoms with Gasteiger partial charge in [0.05, 0.1) is 0 Å². The average molecular weight is 241 g/mol. The second-order valence-electron chi connectivity index (χ2n) is 4.77. The second kappa shape index (κ2) is 7.30. The molecule has 0 bridgehead atoms. The summed E-state index contributed by atoms with van der Waals surface area (Å²) in [5.74, 6) is -0.675. The van der Waals surface area contributed by atoms with Gasteiger partial charge in [0.15, 0.2) is 0 Å². The van der Waals surface area contributed by atoms with Crippen LogP contribution in [0.5, 0.6) is 0 Å². The van der Waals surface area contributed by atoms with Gasteiger partial charge in [0.25, 0.3) is 0 Å². The van der Waals surface area contributed by atoms with E-state index in [2.05, 4.69) is 6.92 Å². The molecule has 0 saturated carbocycles. The van der Waals surface area contributed by atoms with Crippen molar-refractivity contribution < 1.29 is 14.7 Å². The first-order chi connectivity index (χ1) is 8.15. The van der Waals surface area contributed by atoms with Crippen LogP contribution in [-0.4, -0.2) is 34.5 Å². The van der Waals surface area contributed by atoms with Gasteiger partial charge < -0.3 is 10.0 Å². The molecule has 98 valence electrons. The number of carboxylic acids is 1. The van der Waals surface area contributed by atoms with E-state index < -0.39 is 5.97 Å². The smallest absolute Gasteiger partial charge is 0.303 e. The normalized spacial score (nSPS) is 20.3. The van der Waals surface area contributed by atoms with Crippen molar-refractivity contribution in [1.29, 1.82) is 0 Å². The Kier molecular flexibility index (Phi) is 6.01. The molecule has 1 aliphatic heterocycles. The Morgan fingerprint density at radius 1 is 1.29 bits per heavy atom. The molecule has 0 aliphatic carbocycles. The largest absolute Gasteiger partial charge is 0.481 e. The predicted octanol–water partition coefficient (Wildman–Crippen LogP) is 2.42. The summed E-state index contributed by atoms with van der Waals surface area (Å²) in [7, 11) is 0. The van der Waals surface area contributed by atoms with Crippen LogP contribution >= 0.6 is 0 Å². The summed E-state index contributed by atoms with van der Waals surface area (Å²) in [4.78, 5) is 24.4. The molecule has 1 unspecified atom stereocenters. The van der Waals surface area contributed by atoms with Crippen LogP contribution in [0, 0.1) is 0 Å². The first-order valence-electron chi connectivity index (χ1n) is 6.66. The fourth-order valence-corrected chi connectivity index (χ4v) is 2.50. The average Bonchev–Trinajstić information content (AvgIpc) is 2.29. The second-order valence-corrected chi connectivity index (χ2v) is 4.77. The standard InChI is InChI=1S/C13H23NO3/c1-2-6-11-7-3-4-10-14(11)12(15)8-5-9-13(16)17/h11H,2-10H2,1H3,(H,16,17). The quantitative estimate of drug-likeness (QED) is 0.777. The monoisotopic (exact) mass is 241 g/mol. The zero-order valence-corrected chi connectivity index (χ0v) is 10.7. The first-order valence-corrected chi connectivity index (χ1v) is 6.66. The Morgan fingerprint density at radius 2 is 2.06 bits per heavy atom. The van der Waals surface area contributed by atoms with Gasteiger partial charge >= 0.3 is 5.97 Å². The minimum Gasteiger partial charge on any atom is -0.481 e. The molecule has 0 aromatic rings. The topological polar surface area (TPSA) is 57.6 Å². The first kappa shape index (κ1) is 14.0. The predicted molar refractivity (Wildman–Crippen MR) is 65.7 cm³/mol. The molecule has 1 saturated heterocycles. The van der Waals surface area contributed by atoms with Crippen molar-refractivity contribution in [1.82, 2.24) is 4.90 Å². The van der Waals surface area contributed by atoms with Gasteiger partial charge in [0, 0.05) is 25.4 Å². The van der Waals surface area contributed by atoms with Gasteiger partial charge in [-0.25, -0.2) is 0 Å². The zero-order valence-electron chi connectivity index (χ0n) is 10.7. The van der Waals surface area contributed by atoms with E-state index in [-0.39, 0.29) is 12.3 Å². The third-order valence-corrected chi connectivity index (χ3v) is 3.35. The van der Waals surface area contributed by atoms with Gasteiger partial charge in [-0.2, -0.15) is 0 Å². The molecule has 1 heterocycles. The molecule has 1 atom stereocenters. The number of amides is 1. The Bertz CT molecular complexity index is 263. The van der Waals surface area contributed by atoms with Crippen LogP contribution < -0.4 is 0 Å². The van der Waals surface area contributed by atoms with E-state index in [1.807, 2.05) is 4.90 Å². The lowest BCUT2D eigenvalue weighted by Gasteiger charge is -2.36. The number of carbonyl (C=O) groups excluding carboxylic acids is 1. The summed E-state index contributed by atoms with van der Waals surface area (Å²) in [5, 5.41) is 8.55. The van der Waals surface area contributed by atoms with Crippen LogP contribution in [0.1, 0.15) is 58.3 Å². The van der Waals surface area contributed by atoms with E-state index in [9.17, 15) is 9.59 Å². The summed E-state index contributed by atoms with van der Waals surface area (Å²) >= 11 is 0. The van der Waals surface area contributed by atoms with E-state index in [0.29, 0.717) is 18.9 Å². The molecular formula is C13H23NO3. The highest BCUT2D eigenvalue weighted by Crippen LogP contribution is 2.22. The highest BCUT2D eigenvalue weighted by atomic mass is 16.4. The maximum Gasteiger partial charge on any atom is 0.303 e. The lowest BCUT2D eigenvalue weighted by molar-refractivity contribution is -0.137. The molecule has 17 heavy (non-hydrogen) atoms. The minimum atomic E-state index is -0.818. The Hall–Kier alpha value is -1.06. The summed E-state index contributed by atoms with van der Waals surface area (Å²) < 4.78 is 0. The lowest BCUT2D eigenvalue weighted by atomic mass is 9.97. The van der Waals surface area contributed by atoms with E-state index in [4.69, 9.17) is 5.11 Å². The van der Waals surface area contributed by atoms with Gasteiger partial charge in [-0.05, 0) is 32.1 Å². The van der Waals surface area contributed by atoms with Crippen LogP contribution in [0.25, 0.3) is 0 Å². The molecule has 4 nitrogen and oxygen atoms in total. The molecule has 1 N–H and O–H groups in total. The molecule has 1 fully saturated rings. The number of hydrogen-bond acceptors (Lipinski definition) is 2. The Labute approximate surface area is 103 Å². The molecule has 0 radical (unpaired) electrons. The number of hydrogen-bond donors (Lipinski definition) is 1. The number of likely N-dealkylation sites (tertiary alicyclic amines) is 1. The molecule has 0 spiro atoms. The fourth-order valence-electron chi connectivity index (χ4n) is 2.50. The van der Waals surface area contributed by atoms with Crippen LogP contribution in [-0.2, 0) is 9.59 Å². The molecule has 1 amide bonds. The van der Waals surface area contributed by atoms with Crippen molar-refractivity contribution in [2.45, 2.75) is 64.3 Å². The summed E-state index contributed by atoms with van der Waals surface area (Å²) in [5.41, 5.74) is 0. The van der Waals surface area contributed by atoms with Gasteiger partial charge in [-0.3, -0.25) is 9.59 Å². The van der Waals surface area contributed by atoms with Gasteiger partial charge in [0.1, 0.15) is 0 Å². The van der Waals surface area contributed by atoms with Gasteiger partial charge in [-0.15, -0.1) is 0 Å². The van der Waals surface area contributed by atoms with Crippen LogP contribution in [0.4, 0.5) is 0 Å². The number of rotatable bonds is 6. The number of carboxylic acid groups (broad SMARTS) is 1. The van der Waals surface area contributed by atoms with E-state index in [0.717, 1.165) is 32.2 Å². The molecule has 0 aromatic heterocycles. The molecule has 4 heteroatoms. The van der Waals surface area contributed by atoms with Crippen molar-refractivity contribution in [2.75, 3.05) is 6.54 Å². The minimum absolute atomic E-state index is 0.0953. The van der Waals surface area contributed by atoms with Gasteiger partial charge in [-0.1, -0.05) is 13.3 Å². The van der Waals surface area contributed by atoms with E-state index in [1.165, 1.54) is 6.42 Å². The van der Waals surface area contributed by atoms with Crippen molar-refractivity contribution in [3.63, 3.8) is 0 Å². The highest BCUT2D eigenvalue weighted by Gasteiger charge is 2.25. The van der Waals surface area contributed by atoms with Crippen molar-refractivity contribution in [3.05, 3.63) is 0 Å². The number of nitrogens with zero attached hydrogens (tertiary/aromatic N) is 1. The SMILES string of the molecule is CCCC1CCCCN1C(=O)CCCC(=O)O. The molecule has 1 aliphatic rings. The maximum absolute atomic E-state index is 12.0. The van der Waals surface area contributed by atoms with Crippen LogP contribution in [0.15, 0.2) is 0 Å². The van der Waals surface area contributed by atoms with Crippen molar-refractivity contribution in [2.24, 2.45) is 0 Å². The third kappa shape index (κ3) is 4.75. The lowest BCUT2D eigenvalue weighted by Crippen LogP contribution is -2.43. The van der Waals surface area contributed by atoms with E-state index in [1.54, 1.807) is 0 Å². The fraction of sp³-hybridized carbons (Fsp3) is 0.846. The zero-order chi connectivity index (χ0) is 12.7. The summed E-state index contributed by atoms with van der Waals surface area (Å²) in [6.45, 7) is 3.00. The summed E-state index contributed by atoms with van der Waals surface area (Å²) in [6, 6.07) is 0.395. The Morgan fingerprint density at radius 3 is 2.71 bits per heavy atom. The molecular weight excluding hydrogens is 218 g/mol. The highest BCUT2D eigenvalue weighted by molar-refractivity contribution is 5.77.